The largest absolute Gasteiger partial charge is 0.499 e. The molecule has 0 bridgehead atoms. The summed E-state index contributed by atoms with van der Waals surface area (Å²) in [6, 6.07) is 5.01. The van der Waals surface area contributed by atoms with Gasteiger partial charge in [0.15, 0.2) is 10.6 Å². The number of hydrogen-bond acceptors (Lipinski definition) is 5. The van der Waals surface area contributed by atoms with Crippen molar-refractivity contribution in [3.05, 3.63) is 38.5 Å². The van der Waals surface area contributed by atoms with Gasteiger partial charge in [0.2, 0.25) is 5.43 Å². The van der Waals surface area contributed by atoms with E-state index in [4.69, 9.17) is 0 Å². The maximum Gasteiger partial charge on any atom is 0.346 e. The molecule has 0 amide bonds. The zero-order valence-electron chi connectivity index (χ0n) is 8.69. The van der Waals surface area contributed by atoms with Gasteiger partial charge in [-0.1, -0.05) is 27.3 Å². The van der Waals surface area contributed by atoms with Crippen molar-refractivity contribution in [2.24, 2.45) is 0 Å². The van der Waals surface area contributed by atoms with E-state index in [1.807, 2.05) is 0 Å². The molecule has 6 heteroatoms. The first-order valence-electron chi connectivity index (χ1n) is 4.58. The number of benzene rings is 1. The first kappa shape index (κ1) is 12.1. The van der Waals surface area contributed by atoms with Gasteiger partial charge < -0.3 is 9.84 Å². The summed E-state index contributed by atoms with van der Waals surface area (Å²) < 4.78 is 5.87. The summed E-state index contributed by atoms with van der Waals surface area (Å²) in [6.07, 6.45) is 0. The molecule has 2 aromatic rings. The van der Waals surface area contributed by atoms with E-state index in [9.17, 15) is 14.7 Å². The van der Waals surface area contributed by atoms with Gasteiger partial charge in [-0.2, -0.15) is 0 Å². The highest BCUT2D eigenvalue weighted by atomic mass is 79.9. The Hall–Kier alpha value is -1.40. The lowest BCUT2D eigenvalue weighted by molar-refractivity contribution is 0.0597. The lowest BCUT2D eigenvalue weighted by Crippen LogP contribution is -2.15. The van der Waals surface area contributed by atoms with E-state index in [0.29, 0.717) is 10.1 Å². The molecule has 1 heterocycles. The first-order valence-corrected chi connectivity index (χ1v) is 6.19. The van der Waals surface area contributed by atoms with E-state index < -0.39 is 11.4 Å². The molecule has 0 saturated carbocycles. The van der Waals surface area contributed by atoms with Crippen LogP contribution in [0.3, 0.4) is 0 Å². The second kappa shape index (κ2) is 4.46. The van der Waals surface area contributed by atoms with Crippen LogP contribution in [0.25, 0.3) is 10.1 Å². The van der Waals surface area contributed by atoms with Crippen LogP contribution in [0.4, 0.5) is 0 Å². The van der Waals surface area contributed by atoms with Crippen molar-refractivity contribution in [1.29, 1.82) is 0 Å². The van der Waals surface area contributed by atoms with Gasteiger partial charge in [-0.3, -0.25) is 4.79 Å². The van der Waals surface area contributed by atoms with E-state index in [0.717, 1.165) is 22.9 Å². The summed E-state index contributed by atoms with van der Waals surface area (Å²) in [5.41, 5.74) is -0.831. The average Bonchev–Trinajstić information content (AvgIpc) is 2.28. The Morgan fingerprint density at radius 1 is 1.47 bits per heavy atom. The Balaban J connectivity index is 2.86. The third-order valence-electron chi connectivity index (χ3n) is 2.23. The zero-order valence-corrected chi connectivity index (χ0v) is 11.1. The van der Waals surface area contributed by atoms with E-state index in [2.05, 4.69) is 20.7 Å². The molecule has 17 heavy (non-hydrogen) atoms. The average molecular weight is 315 g/mol. The lowest BCUT2D eigenvalue weighted by atomic mass is 10.2. The predicted octanol–water partition coefficient (Wildman–Crippen LogP) is 2.52. The molecule has 0 spiro atoms. The minimum absolute atomic E-state index is 0.313. The normalized spacial score (nSPS) is 10.5. The summed E-state index contributed by atoms with van der Waals surface area (Å²) in [6.45, 7) is 0. The molecular weight excluding hydrogens is 308 g/mol. The molecule has 4 nitrogen and oxygen atoms in total. The van der Waals surface area contributed by atoms with Gasteiger partial charge in [0.25, 0.3) is 0 Å². The van der Waals surface area contributed by atoms with Crippen molar-refractivity contribution in [3.8, 4) is 5.06 Å². The summed E-state index contributed by atoms with van der Waals surface area (Å²) in [4.78, 5) is 23.4. The van der Waals surface area contributed by atoms with Crippen LogP contribution in [0.2, 0.25) is 0 Å². The van der Waals surface area contributed by atoms with Gasteiger partial charge in [-0.15, -0.1) is 0 Å². The standard InChI is InChI=1S/C11H7BrO4S/c1-16-10(14)8-9(13)6-3-2-5(12)4-7(6)17-11(8)15/h2-4,15H,1H3. The maximum atomic E-state index is 12.0. The lowest BCUT2D eigenvalue weighted by Gasteiger charge is -2.03. The minimum Gasteiger partial charge on any atom is -0.499 e. The van der Waals surface area contributed by atoms with Crippen LogP contribution in [0.5, 0.6) is 5.06 Å². The molecule has 0 atom stereocenters. The number of esters is 1. The molecule has 0 radical (unpaired) electrons. The van der Waals surface area contributed by atoms with Gasteiger partial charge in [0.05, 0.1) is 7.11 Å². The van der Waals surface area contributed by atoms with Gasteiger partial charge >= 0.3 is 5.97 Å². The van der Waals surface area contributed by atoms with Crippen LogP contribution in [-0.4, -0.2) is 18.2 Å². The number of methoxy groups -OCH3 is 1. The third kappa shape index (κ3) is 2.05. The number of rotatable bonds is 1. The SMILES string of the molecule is COC(=O)c1c(O)sc2cc(Br)ccc2c1=O. The highest BCUT2D eigenvalue weighted by Gasteiger charge is 2.19. The van der Waals surface area contributed by atoms with Crippen LogP contribution in [-0.2, 0) is 4.74 Å². The van der Waals surface area contributed by atoms with Crippen molar-refractivity contribution in [3.63, 3.8) is 0 Å². The summed E-state index contributed by atoms with van der Waals surface area (Å²) >= 11 is 4.24. The Kier molecular flexibility index (Phi) is 3.17. The number of carbonyl (C=O) groups excluding carboxylic acids is 1. The van der Waals surface area contributed by atoms with Crippen LogP contribution in [0.1, 0.15) is 10.4 Å². The molecular formula is C11H7BrO4S. The van der Waals surface area contributed by atoms with Crippen molar-refractivity contribution >= 4 is 43.3 Å². The summed E-state index contributed by atoms with van der Waals surface area (Å²) in [5, 5.41) is 9.74. The molecule has 0 saturated heterocycles. The maximum absolute atomic E-state index is 12.0. The van der Waals surface area contributed by atoms with Crippen LogP contribution >= 0.6 is 27.3 Å². The molecule has 0 unspecified atom stereocenters. The van der Waals surface area contributed by atoms with Gasteiger partial charge in [0, 0.05) is 14.6 Å². The number of carbonyl (C=O) groups is 1. The van der Waals surface area contributed by atoms with Crippen molar-refractivity contribution < 1.29 is 14.6 Å². The van der Waals surface area contributed by atoms with E-state index in [-0.39, 0.29) is 10.6 Å². The molecule has 2 rings (SSSR count). The fourth-order valence-electron chi connectivity index (χ4n) is 1.44. The molecule has 0 aliphatic carbocycles. The summed E-state index contributed by atoms with van der Waals surface area (Å²) in [7, 11) is 1.16. The first-order chi connectivity index (χ1) is 8.04. The van der Waals surface area contributed by atoms with Gasteiger partial charge in [-0.05, 0) is 18.2 Å². The topological polar surface area (TPSA) is 63.6 Å². The smallest absolute Gasteiger partial charge is 0.346 e. The van der Waals surface area contributed by atoms with Gasteiger partial charge in [0.1, 0.15) is 0 Å². The molecule has 0 aliphatic heterocycles. The Labute approximate surface area is 109 Å². The van der Waals surface area contributed by atoms with Crippen molar-refractivity contribution in [2.45, 2.75) is 0 Å². The fraction of sp³-hybridized carbons (Fsp3) is 0.0909. The number of ether oxygens (including phenoxy) is 1. The second-order valence-electron chi connectivity index (χ2n) is 3.24. The van der Waals surface area contributed by atoms with Crippen molar-refractivity contribution in [2.75, 3.05) is 7.11 Å². The zero-order chi connectivity index (χ0) is 12.6. The number of aromatic hydroxyl groups is 1. The fourth-order valence-corrected chi connectivity index (χ4v) is 2.89. The third-order valence-corrected chi connectivity index (χ3v) is 3.67. The summed E-state index contributed by atoms with van der Waals surface area (Å²) in [5.74, 6) is -0.825. The molecule has 1 aromatic heterocycles. The number of fused-ring (bicyclic) bond motifs is 1. The van der Waals surface area contributed by atoms with E-state index in [1.54, 1.807) is 18.2 Å². The highest BCUT2D eigenvalue weighted by Crippen LogP contribution is 2.29. The van der Waals surface area contributed by atoms with Gasteiger partial charge in [-0.25, -0.2) is 4.79 Å². The van der Waals surface area contributed by atoms with Crippen LogP contribution in [0.15, 0.2) is 27.5 Å². The number of halogens is 1. The quantitative estimate of drug-likeness (QED) is 0.821. The highest BCUT2D eigenvalue weighted by molar-refractivity contribution is 9.10. The Morgan fingerprint density at radius 3 is 2.82 bits per heavy atom. The monoisotopic (exact) mass is 314 g/mol. The van der Waals surface area contributed by atoms with E-state index >= 15 is 0 Å². The second-order valence-corrected chi connectivity index (χ2v) is 5.19. The number of hydrogen-bond donors (Lipinski definition) is 1. The molecule has 88 valence electrons. The molecule has 1 aromatic carbocycles. The molecule has 1 N–H and O–H groups in total. The Bertz CT molecular complexity index is 662. The van der Waals surface area contributed by atoms with Crippen LogP contribution < -0.4 is 5.43 Å². The molecule has 0 aliphatic rings. The van der Waals surface area contributed by atoms with Crippen LogP contribution in [0, 0.1) is 0 Å². The van der Waals surface area contributed by atoms with Crippen molar-refractivity contribution in [1.82, 2.24) is 0 Å². The Morgan fingerprint density at radius 2 is 2.18 bits per heavy atom. The van der Waals surface area contributed by atoms with E-state index in [1.165, 1.54) is 0 Å². The predicted molar refractivity (Wildman–Crippen MR) is 68.8 cm³/mol. The molecule has 0 fully saturated rings. The minimum atomic E-state index is -0.825.